The third-order valence-electron chi connectivity index (χ3n) is 2.27. The Morgan fingerprint density at radius 2 is 1.94 bits per heavy atom. The van der Waals surface area contributed by atoms with E-state index in [-0.39, 0.29) is 19.6 Å². The molecule has 0 aromatic heterocycles. The van der Waals surface area contributed by atoms with Gasteiger partial charge < -0.3 is 9.84 Å². The molecule has 1 unspecified atom stereocenters. The first kappa shape index (κ1) is 16.9. The fraction of sp³-hybridized carbons (Fsp3) is 0.800. The topological polar surface area (TPSA) is 110 Å². The lowest BCUT2D eigenvalue weighted by atomic mass is 10.1. The van der Waals surface area contributed by atoms with Crippen molar-refractivity contribution >= 4 is 22.0 Å². The second kappa shape index (κ2) is 8.04. The van der Waals surface area contributed by atoms with Gasteiger partial charge in [-0.3, -0.25) is 9.59 Å². The summed E-state index contributed by atoms with van der Waals surface area (Å²) in [5, 5.41) is 8.75. The average molecular weight is 281 g/mol. The number of carbonyl (C=O) groups is 2. The molecule has 0 aliphatic heterocycles. The smallest absolute Gasteiger partial charge is 0.307 e. The second-order valence-electron chi connectivity index (χ2n) is 3.67. The van der Waals surface area contributed by atoms with E-state index in [2.05, 4.69) is 9.46 Å². The molecule has 0 saturated carbocycles. The molecule has 0 aromatic rings. The van der Waals surface area contributed by atoms with E-state index in [1.54, 1.807) is 13.8 Å². The molecule has 0 heterocycles. The molecule has 0 radical (unpaired) electrons. The monoisotopic (exact) mass is 281 g/mol. The summed E-state index contributed by atoms with van der Waals surface area (Å²) < 4.78 is 29.7. The average Bonchev–Trinajstić information content (AvgIpc) is 2.27. The summed E-state index contributed by atoms with van der Waals surface area (Å²) in [5.41, 5.74) is 0. The van der Waals surface area contributed by atoms with Crippen molar-refractivity contribution in [2.45, 2.75) is 26.7 Å². The molecule has 0 saturated heterocycles. The van der Waals surface area contributed by atoms with Gasteiger partial charge in [-0.1, -0.05) is 6.92 Å². The first-order chi connectivity index (χ1) is 8.32. The summed E-state index contributed by atoms with van der Waals surface area (Å²) in [7, 11) is -3.65. The number of ether oxygens (including phenoxy) is 1. The summed E-state index contributed by atoms with van der Waals surface area (Å²) in [4.78, 5) is 21.7. The first-order valence-electron chi connectivity index (χ1n) is 5.68. The van der Waals surface area contributed by atoms with E-state index in [4.69, 9.17) is 5.11 Å². The molecule has 8 heteroatoms. The van der Waals surface area contributed by atoms with Crippen LogP contribution in [-0.4, -0.2) is 44.4 Å². The van der Waals surface area contributed by atoms with Crippen LogP contribution in [0.3, 0.4) is 0 Å². The van der Waals surface area contributed by atoms with Crippen LogP contribution in [0.4, 0.5) is 0 Å². The van der Waals surface area contributed by atoms with Gasteiger partial charge in [0, 0.05) is 6.54 Å². The number of hydrogen-bond acceptors (Lipinski definition) is 5. The van der Waals surface area contributed by atoms with Crippen molar-refractivity contribution in [3.05, 3.63) is 0 Å². The van der Waals surface area contributed by atoms with Crippen molar-refractivity contribution in [1.82, 2.24) is 4.72 Å². The third kappa shape index (κ3) is 7.23. The van der Waals surface area contributed by atoms with Gasteiger partial charge in [0.2, 0.25) is 10.0 Å². The quantitative estimate of drug-likeness (QED) is 0.574. The number of carbonyl (C=O) groups excluding carboxylic acids is 1. The van der Waals surface area contributed by atoms with Crippen LogP contribution in [0.25, 0.3) is 0 Å². The Labute approximate surface area is 107 Å². The van der Waals surface area contributed by atoms with Crippen LogP contribution in [0.5, 0.6) is 0 Å². The molecule has 0 rings (SSSR count). The van der Waals surface area contributed by atoms with Crippen molar-refractivity contribution < 1.29 is 27.9 Å². The van der Waals surface area contributed by atoms with E-state index in [9.17, 15) is 18.0 Å². The van der Waals surface area contributed by atoms with E-state index in [0.29, 0.717) is 6.42 Å². The maximum atomic E-state index is 11.5. The summed E-state index contributed by atoms with van der Waals surface area (Å²) in [6, 6.07) is 0. The highest BCUT2D eigenvalue weighted by molar-refractivity contribution is 7.89. The Morgan fingerprint density at radius 3 is 2.39 bits per heavy atom. The van der Waals surface area contributed by atoms with Crippen LogP contribution in [0.2, 0.25) is 0 Å². The van der Waals surface area contributed by atoms with Gasteiger partial charge in [0.25, 0.3) is 0 Å². The molecule has 0 amide bonds. The minimum absolute atomic E-state index is 0.170. The van der Waals surface area contributed by atoms with Gasteiger partial charge in [-0.05, 0) is 13.3 Å². The van der Waals surface area contributed by atoms with Gasteiger partial charge in [0.05, 0.1) is 24.7 Å². The molecule has 0 aliphatic rings. The zero-order valence-electron chi connectivity index (χ0n) is 10.5. The van der Waals surface area contributed by atoms with Gasteiger partial charge in [0.15, 0.2) is 0 Å². The van der Waals surface area contributed by atoms with Crippen molar-refractivity contribution in [3.63, 3.8) is 0 Å². The lowest BCUT2D eigenvalue weighted by Gasteiger charge is -2.11. The molecule has 106 valence electrons. The number of rotatable bonds is 9. The van der Waals surface area contributed by atoms with Crippen molar-refractivity contribution in [2.24, 2.45) is 5.92 Å². The Balaban J connectivity index is 4.16. The number of nitrogens with one attached hydrogen (secondary N) is 1. The summed E-state index contributed by atoms with van der Waals surface area (Å²) in [5.74, 6) is -2.80. The molecule has 0 fully saturated rings. The van der Waals surface area contributed by atoms with Crippen molar-refractivity contribution in [3.8, 4) is 0 Å². The van der Waals surface area contributed by atoms with Crippen LogP contribution in [0.1, 0.15) is 26.7 Å². The Hall–Kier alpha value is -1.15. The number of carboxylic acid groups (broad SMARTS) is 1. The molecule has 0 aromatic carbocycles. The van der Waals surface area contributed by atoms with Gasteiger partial charge in [-0.25, -0.2) is 13.1 Å². The summed E-state index contributed by atoms with van der Waals surface area (Å²) >= 11 is 0. The van der Waals surface area contributed by atoms with Gasteiger partial charge in [0.1, 0.15) is 0 Å². The minimum Gasteiger partial charge on any atom is -0.481 e. The fourth-order valence-electron chi connectivity index (χ4n) is 1.16. The maximum Gasteiger partial charge on any atom is 0.307 e. The van der Waals surface area contributed by atoms with Crippen LogP contribution in [-0.2, 0) is 24.3 Å². The van der Waals surface area contributed by atoms with Crippen LogP contribution < -0.4 is 4.72 Å². The van der Waals surface area contributed by atoms with Crippen LogP contribution >= 0.6 is 0 Å². The molecular weight excluding hydrogens is 262 g/mol. The number of hydrogen-bond donors (Lipinski definition) is 2. The highest BCUT2D eigenvalue weighted by Crippen LogP contribution is 2.02. The van der Waals surface area contributed by atoms with Gasteiger partial charge in [-0.15, -0.1) is 0 Å². The molecule has 18 heavy (non-hydrogen) atoms. The SMILES string of the molecule is CCOC(=O)CCS(=O)(=O)NCC(CC)C(=O)O. The maximum absolute atomic E-state index is 11.5. The van der Waals surface area contributed by atoms with E-state index in [1.807, 2.05) is 0 Å². The Morgan fingerprint density at radius 1 is 1.33 bits per heavy atom. The number of esters is 1. The molecule has 0 bridgehead atoms. The van der Waals surface area contributed by atoms with Crippen LogP contribution in [0, 0.1) is 5.92 Å². The molecule has 2 N–H and O–H groups in total. The highest BCUT2D eigenvalue weighted by Gasteiger charge is 2.19. The molecule has 7 nitrogen and oxygen atoms in total. The van der Waals surface area contributed by atoms with Gasteiger partial charge in [-0.2, -0.15) is 0 Å². The lowest BCUT2D eigenvalue weighted by Crippen LogP contribution is -2.34. The predicted molar refractivity (Wildman–Crippen MR) is 64.5 cm³/mol. The standard InChI is InChI=1S/C10H19NO6S/c1-3-8(10(13)14)7-11-18(15,16)6-5-9(12)17-4-2/h8,11H,3-7H2,1-2H3,(H,13,14). The zero-order valence-corrected chi connectivity index (χ0v) is 11.3. The number of aliphatic carboxylic acids is 1. The third-order valence-corrected chi connectivity index (χ3v) is 3.62. The Bertz CT molecular complexity index is 378. The van der Waals surface area contributed by atoms with E-state index >= 15 is 0 Å². The second-order valence-corrected chi connectivity index (χ2v) is 5.59. The van der Waals surface area contributed by atoms with E-state index in [0.717, 1.165) is 0 Å². The first-order valence-corrected chi connectivity index (χ1v) is 7.33. The zero-order chi connectivity index (χ0) is 14.2. The number of sulfonamides is 1. The Kier molecular flexibility index (Phi) is 7.53. The number of carboxylic acids is 1. The molecule has 0 aliphatic carbocycles. The summed E-state index contributed by atoms with van der Waals surface area (Å²) in [6.07, 6.45) is 0.0861. The van der Waals surface area contributed by atoms with Crippen molar-refractivity contribution in [1.29, 1.82) is 0 Å². The molecule has 1 atom stereocenters. The minimum atomic E-state index is -3.65. The molecular formula is C10H19NO6S. The summed E-state index contributed by atoms with van der Waals surface area (Å²) in [6.45, 7) is 3.31. The van der Waals surface area contributed by atoms with Crippen molar-refractivity contribution in [2.75, 3.05) is 18.9 Å². The molecule has 0 spiro atoms. The normalized spacial score (nSPS) is 13.0. The van der Waals surface area contributed by atoms with Gasteiger partial charge >= 0.3 is 11.9 Å². The van der Waals surface area contributed by atoms with E-state index < -0.39 is 33.6 Å². The predicted octanol–water partition coefficient (Wildman–Crippen LogP) is -0.0302. The lowest BCUT2D eigenvalue weighted by molar-refractivity contribution is -0.143. The highest BCUT2D eigenvalue weighted by atomic mass is 32.2. The van der Waals surface area contributed by atoms with Crippen LogP contribution in [0.15, 0.2) is 0 Å². The van der Waals surface area contributed by atoms with E-state index in [1.165, 1.54) is 0 Å². The fourth-order valence-corrected chi connectivity index (χ4v) is 2.19. The largest absolute Gasteiger partial charge is 0.481 e.